The zero-order chi connectivity index (χ0) is 17.1. The van der Waals surface area contributed by atoms with Gasteiger partial charge in [-0.15, -0.1) is 0 Å². The van der Waals surface area contributed by atoms with E-state index in [1.54, 1.807) is 12.3 Å². The topological polar surface area (TPSA) is 80.5 Å². The lowest BCUT2D eigenvalue weighted by molar-refractivity contribution is 0.0620. The zero-order valence-corrected chi connectivity index (χ0v) is 13.6. The molecule has 2 N–H and O–H groups in total. The number of aromatic nitrogens is 3. The molecule has 1 fully saturated rings. The van der Waals surface area contributed by atoms with E-state index in [0.29, 0.717) is 18.8 Å². The molecule has 4 rings (SSSR count). The Morgan fingerprint density at radius 3 is 3.08 bits per heavy atom. The molecule has 2 atom stereocenters. The second kappa shape index (κ2) is 6.90. The van der Waals surface area contributed by atoms with Gasteiger partial charge in [-0.3, -0.25) is 4.79 Å². The summed E-state index contributed by atoms with van der Waals surface area (Å²) in [7, 11) is 0. The zero-order valence-electron chi connectivity index (χ0n) is 13.6. The van der Waals surface area contributed by atoms with Gasteiger partial charge in [-0.05, 0) is 30.7 Å². The van der Waals surface area contributed by atoms with Gasteiger partial charge < -0.3 is 19.8 Å². The number of hydrogen-bond donors (Lipinski definition) is 2. The SMILES string of the molecule is O=C(N[C@H]1CCOC[C@H]1Nc1ccncn1)c1cc2ccccn2c1. The van der Waals surface area contributed by atoms with Crippen LogP contribution in [0.2, 0.25) is 0 Å². The number of hydrogen-bond acceptors (Lipinski definition) is 5. The number of carbonyl (C=O) groups is 1. The molecule has 1 aliphatic rings. The van der Waals surface area contributed by atoms with Crippen molar-refractivity contribution in [3.8, 4) is 0 Å². The van der Waals surface area contributed by atoms with E-state index in [1.807, 2.05) is 41.1 Å². The highest BCUT2D eigenvalue weighted by atomic mass is 16.5. The van der Waals surface area contributed by atoms with Crippen LogP contribution in [0.25, 0.3) is 5.52 Å². The standard InChI is InChI=1S/C18H19N5O2/c24-18(13-9-14-3-1-2-7-23(14)10-13)22-15-5-8-25-11-16(15)21-17-4-6-19-12-20-17/h1-4,6-7,9-10,12,15-16H,5,8,11H2,(H,22,24)(H,19,20,21)/t15-,16+/m0/s1. The van der Waals surface area contributed by atoms with Gasteiger partial charge in [0.2, 0.25) is 0 Å². The summed E-state index contributed by atoms with van der Waals surface area (Å²) in [4.78, 5) is 20.8. The maximum absolute atomic E-state index is 12.7. The summed E-state index contributed by atoms with van der Waals surface area (Å²) >= 11 is 0. The molecule has 128 valence electrons. The fourth-order valence-corrected chi connectivity index (χ4v) is 3.05. The molecule has 25 heavy (non-hydrogen) atoms. The summed E-state index contributed by atoms with van der Waals surface area (Å²) in [5.41, 5.74) is 1.65. The van der Waals surface area contributed by atoms with Crippen molar-refractivity contribution < 1.29 is 9.53 Å². The first-order valence-corrected chi connectivity index (χ1v) is 8.27. The van der Waals surface area contributed by atoms with Crippen molar-refractivity contribution in [2.24, 2.45) is 0 Å². The minimum atomic E-state index is -0.0786. The first-order valence-electron chi connectivity index (χ1n) is 8.27. The second-order valence-corrected chi connectivity index (χ2v) is 6.05. The van der Waals surface area contributed by atoms with Gasteiger partial charge in [0.25, 0.3) is 5.91 Å². The van der Waals surface area contributed by atoms with Crippen LogP contribution in [0, 0.1) is 0 Å². The largest absolute Gasteiger partial charge is 0.379 e. The van der Waals surface area contributed by atoms with Gasteiger partial charge in [0.1, 0.15) is 12.1 Å². The van der Waals surface area contributed by atoms with Crippen LogP contribution in [0.5, 0.6) is 0 Å². The van der Waals surface area contributed by atoms with E-state index in [2.05, 4.69) is 20.6 Å². The number of rotatable bonds is 4. The van der Waals surface area contributed by atoms with Crippen LogP contribution in [-0.4, -0.2) is 45.6 Å². The van der Waals surface area contributed by atoms with Crippen LogP contribution < -0.4 is 10.6 Å². The van der Waals surface area contributed by atoms with Gasteiger partial charge in [-0.25, -0.2) is 9.97 Å². The van der Waals surface area contributed by atoms with E-state index in [0.717, 1.165) is 17.8 Å². The van der Waals surface area contributed by atoms with Crippen molar-refractivity contribution in [1.82, 2.24) is 19.7 Å². The number of fused-ring (bicyclic) bond motifs is 1. The summed E-state index contributed by atoms with van der Waals surface area (Å²) in [6, 6.07) is 9.50. The molecule has 1 aliphatic heterocycles. The number of nitrogens with zero attached hydrogens (tertiary/aromatic N) is 3. The molecular formula is C18H19N5O2. The van der Waals surface area contributed by atoms with E-state index in [-0.39, 0.29) is 18.0 Å². The Morgan fingerprint density at radius 1 is 1.28 bits per heavy atom. The normalized spacial score (nSPS) is 20.3. The summed E-state index contributed by atoms with van der Waals surface area (Å²) in [6.07, 6.45) is 7.70. The van der Waals surface area contributed by atoms with Crippen molar-refractivity contribution in [2.75, 3.05) is 18.5 Å². The van der Waals surface area contributed by atoms with E-state index in [4.69, 9.17) is 4.74 Å². The third kappa shape index (κ3) is 3.46. The van der Waals surface area contributed by atoms with E-state index in [9.17, 15) is 4.79 Å². The first kappa shape index (κ1) is 15.6. The molecule has 0 unspecified atom stereocenters. The number of pyridine rings is 1. The van der Waals surface area contributed by atoms with Crippen LogP contribution in [0.3, 0.4) is 0 Å². The van der Waals surface area contributed by atoms with Gasteiger partial charge in [0, 0.05) is 30.7 Å². The molecular weight excluding hydrogens is 318 g/mol. The molecule has 3 aromatic rings. The molecule has 0 bridgehead atoms. The summed E-state index contributed by atoms with van der Waals surface area (Å²) in [5.74, 6) is 0.643. The Morgan fingerprint density at radius 2 is 2.24 bits per heavy atom. The predicted octanol–water partition coefficient (Wildman–Crippen LogP) is 1.73. The summed E-state index contributed by atoms with van der Waals surface area (Å²) in [6.45, 7) is 1.15. The van der Waals surface area contributed by atoms with Crippen LogP contribution in [0.1, 0.15) is 16.8 Å². The molecule has 7 nitrogen and oxygen atoms in total. The molecule has 0 aromatic carbocycles. The molecule has 0 spiro atoms. The molecule has 1 amide bonds. The Bertz CT molecular complexity index is 831. The smallest absolute Gasteiger partial charge is 0.253 e. The van der Waals surface area contributed by atoms with Crippen molar-refractivity contribution in [1.29, 1.82) is 0 Å². The monoisotopic (exact) mass is 337 g/mol. The average Bonchev–Trinajstić information content (AvgIpc) is 3.09. The maximum Gasteiger partial charge on any atom is 0.253 e. The molecule has 0 aliphatic carbocycles. The highest BCUT2D eigenvalue weighted by Gasteiger charge is 2.28. The van der Waals surface area contributed by atoms with Gasteiger partial charge in [0.05, 0.1) is 24.3 Å². The third-order valence-corrected chi connectivity index (χ3v) is 4.35. The quantitative estimate of drug-likeness (QED) is 0.758. The Kier molecular flexibility index (Phi) is 4.30. The Labute approximate surface area is 145 Å². The lowest BCUT2D eigenvalue weighted by Crippen LogP contribution is -2.52. The van der Waals surface area contributed by atoms with Crippen LogP contribution in [0.15, 0.2) is 55.2 Å². The van der Waals surface area contributed by atoms with Crippen molar-refractivity contribution in [3.05, 3.63) is 60.8 Å². The fraction of sp³-hybridized carbons (Fsp3) is 0.278. The lowest BCUT2D eigenvalue weighted by atomic mass is 10.0. The van der Waals surface area contributed by atoms with Crippen molar-refractivity contribution in [3.63, 3.8) is 0 Å². The molecule has 3 aromatic heterocycles. The van der Waals surface area contributed by atoms with Gasteiger partial charge in [-0.1, -0.05) is 6.07 Å². The summed E-state index contributed by atoms with van der Waals surface area (Å²) < 4.78 is 7.50. The highest BCUT2D eigenvalue weighted by Crippen LogP contribution is 2.15. The fourth-order valence-electron chi connectivity index (χ4n) is 3.05. The first-order chi connectivity index (χ1) is 12.3. The lowest BCUT2D eigenvalue weighted by Gasteiger charge is -2.33. The predicted molar refractivity (Wildman–Crippen MR) is 93.5 cm³/mol. The van der Waals surface area contributed by atoms with Crippen LogP contribution in [0.4, 0.5) is 5.82 Å². The highest BCUT2D eigenvalue weighted by molar-refractivity contribution is 5.95. The minimum Gasteiger partial charge on any atom is -0.379 e. The number of amides is 1. The third-order valence-electron chi connectivity index (χ3n) is 4.35. The maximum atomic E-state index is 12.7. The molecule has 0 saturated carbocycles. The van der Waals surface area contributed by atoms with Crippen LogP contribution in [-0.2, 0) is 4.74 Å². The van der Waals surface area contributed by atoms with E-state index < -0.39 is 0 Å². The minimum absolute atomic E-state index is 0.0285. The van der Waals surface area contributed by atoms with Crippen molar-refractivity contribution in [2.45, 2.75) is 18.5 Å². The van der Waals surface area contributed by atoms with Gasteiger partial charge in [0.15, 0.2) is 0 Å². The average molecular weight is 337 g/mol. The van der Waals surface area contributed by atoms with Gasteiger partial charge >= 0.3 is 0 Å². The molecule has 0 radical (unpaired) electrons. The van der Waals surface area contributed by atoms with E-state index in [1.165, 1.54) is 6.33 Å². The molecule has 1 saturated heterocycles. The van der Waals surface area contributed by atoms with Crippen molar-refractivity contribution >= 4 is 17.2 Å². The number of carbonyl (C=O) groups excluding carboxylic acids is 1. The van der Waals surface area contributed by atoms with Gasteiger partial charge in [-0.2, -0.15) is 0 Å². The van der Waals surface area contributed by atoms with Crippen LogP contribution >= 0.6 is 0 Å². The molecule has 4 heterocycles. The number of nitrogens with one attached hydrogen (secondary N) is 2. The molecule has 7 heteroatoms. The second-order valence-electron chi connectivity index (χ2n) is 6.05. The van der Waals surface area contributed by atoms with E-state index >= 15 is 0 Å². The Hall–Kier alpha value is -2.93. The number of anilines is 1. The number of ether oxygens (including phenoxy) is 1. The Balaban J connectivity index is 1.48. The summed E-state index contributed by atoms with van der Waals surface area (Å²) in [5, 5.41) is 6.45.